The van der Waals surface area contributed by atoms with E-state index in [1.807, 2.05) is 0 Å². The maximum Gasteiger partial charge on any atom is 0.294 e. The first kappa shape index (κ1) is 16.8. The van der Waals surface area contributed by atoms with Crippen molar-refractivity contribution in [2.24, 2.45) is 0 Å². The fourth-order valence-electron chi connectivity index (χ4n) is 1.94. The van der Waals surface area contributed by atoms with Crippen molar-refractivity contribution in [3.63, 3.8) is 0 Å². The summed E-state index contributed by atoms with van der Waals surface area (Å²) in [6.45, 7) is -0.213. The van der Waals surface area contributed by atoms with Crippen molar-refractivity contribution in [1.29, 1.82) is 0 Å². The zero-order valence-electron chi connectivity index (χ0n) is 12.4. The number of amides is 1. The van der Waals surface area contributed by atoms with Gasteiger partial charge >= 0.3 is 0 Å². The Morgan fingerprint density at radius 2 is 1.92 bits per heavy atom. The van der Waals surface area contributed by atoms with E-state index in [1.54, 1.807) is 24.3 Å². The summed E-state index contributed by atoms with van der Waals surface area (Å²) >= 11 is 0. The number of carbonyl (C=O) groups is 1. The molecule has 0 spiro atoms. The molecule has 0 aliphatic carbocycles. The van der Waals surface area contributed by atoms with E-state index in [9.17, 15) is 25.1 Å². The average molecular weight is 330 g/mol. The average Bonchev–Trinajstić information content (AvgIpc) is 2.50. The van der Waals surface area contributed by atoms with Crippen LogP contribution in [-0.4, -0.2) is 21.2 Å². The van der Waals surface area contributed by atoms with E-state index in [1.165, 1.54) is 30.4 Å². The molecule has 3 N–H and O–H groups in total. The molecule has 0 aliphatic rings. The van der Waals surface area contributed by atoms with Crippen LogP contribution in [0.25, 0.3) is 6.08 Å². The molecule has 8 nitrogen and oxygen atoms in total. The fourth-order valence-corrected chi connectivity index (χ4v) is 1.94. The summed E-state index contributed by atoms with van der Waals surface area (Å²) in [6, 6.07) is 10.4. The highest BCUT2D eigenvalue weighted by atomic mass is 16.9. The lowest BCUT2D eigenvalue weighted by Gasteiger charge is -2.05. The lowest BCUT2D eigenvalue weighted by Crippen LogP contribution is -2.08. The third-order valence-electron chi connectivity index (χ3n) is 2.88. The minimum absolute atomic E-state index is 0.117. The zero-order chi connectivity index (χ0) is 17.5. The summed E-state index contributed by atoms with van der Waals surface area (Å²) in [6.07, 6.45) is 2.66. The number of anilines is 1. The van der Waals surface area contributed by atoms with Gasteiger partial charge < -0.3 is 20.4 Å². The molecular weight excluding hydrogens is 316 g/mol. The van der Waals surface area contributed by atoms with Crippen molar-refractivity contribution in [2.75, 3.05) is 5.32 Å². The molecular formula is C16H14N2O6. The minimum Gasteiger partial charge on any atom is -0.508 e. The van der Waals surface area contributed by atoms with Crippen molar-refractivity contribution in [2.45, 2.75) is 6.61 Å². The van der Waals surface area contributed by atoms with Gasteiger partial charge in [0.1, 0.15) is 18.1 Å². The maximum atomic E-state index is 11.9. The summed E-state index contributed by atoms with van der Waals surface area (Å²) in [4.78, 5) is 26.3. The van der Waals surface area contributed by atoms with E-state index >= 15 is 0 Å². The Balaban J connectivity index is 2.00. The molecule has 2 rings (SSSR count). The van der Waals surface area contributed by atoms with Gasteiger partial charge in [0.2, 0.25) is 5.91 Å². The molecule has 0 fully saturated rings. The number of rotatable bonds is 6. The highest BCUT2D eigenvalue weighted by Crippen LogP contribution is 2.21. The normalized spacial score (nSPS) is 10.5. The molecule has 1 amide bonds. The molecule has 0 aromatic heterocycles. The second-order valence-electron chi connectivity index (χ2n) is 4.80. The highest BCUT2D eigenvalue weighted by Gasteiger charge is 2.02. The van der Waals surface area contributed by atoms with Gasteiger partial charge in [0.05, 0.1) is 0 Å². The molecule has 0 radical (unpaired) electrons. The number of hydrogen-bond acceptors (Lipinski definition) is 6. The summed E-state index contributed by atoms with van der Waals surface area (Å²) in [7, 11) is 0. The quantitative estimate of drug-likeness (QED) is 0.425. The second-order valence-corrected chi connectivity index (χ2v) is 4.80. The van der Waals surface area contributed by atoms with Gasteiger partial charge in [-0.15, -0.1) is 10.1 Å². The maximum absolute atomic E-state index is 11.9. The molecule has 0 atom stereocenters. The SMILES string of the molecule is O=C(/C=C/c1cc(O)cc(O)c1)Nc1cccc(CO[N+](=O)[O-])c1. The van der Waals surface area contributed by atoms with Crippen LogP contribution in [-0.2, 0) is 16.2 Å². The summed E-state index contributed by atoms with van der Waals surface area (Å²) in [5.41, 5.74) is 1.44. The van der Waals surface area contributed by atoms with E-state index in [4.69, 9.17) is 0 Å². The van der Waals surface area contributed by atoms with Crippen LogP contribution in [0.5, 0.6) is 11.5 Å². The van der Waals surface area contributed by atoms with Crippen molar-refractivity contribution >= 4 is 17.7 Å². The smallest absolute Gasteiger partial charge is 0.294 e. The number of benzene rings is 2. The summed E-state index contributed by atoms with van der Waals surface area (Å²) in [5, 5.41) is 30.6. The van der Waals surface area contributed by atoms with Crippen molar-refractivity contribution in [1.82, 2.24) is 0 Å². The summed E-state index contributed by atoms with van der Waals surface area (Å²) in [5.74, 6) is -0.674. The Kier molecular flexibility index (Phi) is 5.35. The monoisotopic (exact) mass is 330 g/mol. The van der Waals surface area contributed by atoms with E-state index < -0.39 is 11.0 Å². The number of carbonyl (C=O) groups excluding carboxylic acids is 1. The lowest BCUT2D eigenvalue weighted by molar-refractivity contribution is -0.763. The number of phenolic OH excluding ortho intramolecular Hbond substituents is 2. The molecule has 0 aliphatic heterocycles. The van der Waals surface area contributed by atoms with Crippen LogP contribution in [0.4, 0.5) is 5.69 Å². The molecule has 124 valence electrons. The first-order chi connectivity index (χ1) is 11.4. The molecule has 0 bridgehead atoms. The van der Waals surface area contributed by atoms with Gasteiger partial charge in [0.25, 0.3) is 5.09 Å². The van der Waals surface area contributed by atoms with Crippen molar-refractivity contribution < 1.29 is 24.9 Å². The third kappa shape index (κ3) is 5.34. The van der Waals surface area contributed by atoms with Gasteiger partial charge in [-0.05, 0) is 41.5 Å². The Bertz CT molecular complexity index is 768. The van der Waals surface area contributed by atoms with Gasteiger partial charge in [-0.2, -0.15) is 0 Å². The van der Waals surface area contributed by atoms with Crippen LogP contribution in [0, 0.1) is 10.1 Å². The Labute approximate surface area is 136 Å². The van der Waals surface area contributed by atoms with Crippen LogP contribution in [0.1, 0.15) is 11.1 Å². The van der Waals surface area contributed by atoms with Gasteiger partial charge in [0, 0.05) is 17.8 Å². The van der Waals surface area contributed by atoms with Crippen LogP contribution in [0.2, 0.25) is 0 Å². The van der Waals surface area contributed by atoms with Crippen molar-refractivity contribution in [3.05, 3.63) is 69.8 Å². The highest BCUT2D eigenvalue weighted by molar-refractivity contribution is 6.02. The number of nitrogens with zero attached hydrogens (tertiary/aromatic N) is 1. The summed E-state index contributed by atoms with van der Waals surface area (Å²) < 4.78 is 0. The molecule has 0 saturated heterocycles. The Morgan fingerprint density at radius 1 is 1.21 bits per heavy atom. The van der Waals surface area contributed by atoms with Gasteiger partial charge in [-0.25, -0.2) is 0 Å². The first-order valence-corrected chi connectivity index (χ1v) is 6.81. The zero-order valence-corrected chi connectivity index (χ0v) is 12.4. The van der Waals surface area contributed by atoms with Crippen molar-refractivity contribution in [3.8, 4) is 11.5 Å². The van der Waals surface area contributed by atoms with E-state index in [0.717, 1.165) is 0 Å². The molecule has 0 unspecified atom stereocenters. The largest absolute Gasteiger partial charge is 0.508 e. The standard InChI is InChI=1S/C16H14N2O6/c19-14-7-11(8-15(20)9-14)4-5-16(21)17-13-3-1-2-12(6-13)10-24-18(22)23/h1-9,19-20H,10H2,(H,17,21)/b5-4+. The molecule has 8 heteroatoms. The Hall–Kier alpha value is -3.55. The van der Waals surface area contributed by atoms with Crippen LogP contribution >= 0.6 is 0 Å². The van der Waals surface area contributed by atoms with Gasteiger partial charge in [0.15, 0.2) is 0 Å². The van der Waals surface area contributed by atoms with E-state index in [0.29, 0.717) is 16.8 Å². The fraction of sp³-hybridized carbons (Fsp3) is 0.0625. The van der Waals surface area contributed by atoms with Crippen LogP contribution in [0.3, 0.4) is 0 Å². The van der Waals surface area contributed by atoms with Gasteiger partial charge in [-0.3, -0.25) is 4.79 Å². The predicted molar refractivity (Wildman–Crippen MR) is 85.7 cm³/mol. The number of phenols is 2. The van der Waals surface area contributed by atoms with Crippen LogP contribution < -0.4 is 5.32 Å². The molecule has 2 aromatic rings. The minimum atomic E-state index is -0.890. The molecule has 0 heterocycles. The molecule has 24 heavy (non-hydrogen) atoms. The Morgan fingerprint density at radius 3 is 2.58 bits per heavy atom. The number of aromatic hydroxyl groups is 2. The predicted octanol–water partition coefficient (Wildman–Crippen LogP) is 2.46. The molecule has 0 saturated carbocycles. The lowest BCUT2D eigenvalue weighted by atomic mass is 10.2. The van der Waals surface area contributed by atoms with Crippen LogP contribution in [0.15, 0.2) is 48.5 Å². The number of hydrogen-bond donors (Lipinski definition) is 3. The molecule has 2 aromatic carbocycles. The third-order valence-corrected chi connectivity index (χ3v) is 2.88. The van der Waals surface area contributed by atoms with Gasteiger partial charge in [-0.1, -0.05) is 12.1 Å². The van der Waals surface area contributed by atoms with E-state index in [-0.39, 0.29) is 18.1 Å². The second kappa shape index (κ2) is 7.63. The first-order valence-electron chi connectivity index (χ1n) is 6.81. The van der Waals surface area contributed by atoms with E-state index in [2.05, 4.69) is 10.2 Å². The number of nitrogens with one attached hydrogen (secondary N) is 1. The topological polar surface area (TPSA) is 122 Å².